The van der Waals surface area contributed by atoms with E-state index < -0.39 is 5.97 Å². The molecule has 1 N–H and O–H groups in total. The van der Waals surface area contributed by atoms with Crippen molar-refractivity contribution < 1.29 is 27.0 Å². The van der Waals surface area contributed by atoms with Gasteiger partial charge in [-0.05, 0) is 18.8 Å². The smallest absolute Gasteiger partial charge is 0.303 e. The van der Waals surface area contributed by atoms with Crippen LogP contribution in [0.15, 0.2) is 0 Å². The van der Waals surface area contributed by atoms with Gasteiger partial charge in [0.25, 0.3) is 0 Å². The number of aliphatic carboxylic acids is 1. The quantitative estimate of drug-likeness (QED) is 0.748. The Kier molecular flexibility index (Phi) is 7.39. The van der Waals surface area contributed by atoms with Crippen molar-refractivity contribution in [3.63, 3.8) is 0 Å². The van der Waals surface area contributed by atoms with E-state index in [-0.39, 0.29) is 17.1 Å². The zero-order chi connectivity index (χ0) is 8.81. The normalized spacial score (nSPS) is 17.8. The van der Waals surface area contributed by atoms with E-state index in [1.54, 1.807) is 0 Å². The number of hydrogen-bond donors (Lipinski definition) is 1. The number of carbonyl (C=O) groups is 1. The molecule has 0 radical (unpaired) electrons. The van der Waals surface area contributed by atoms with Crippen molar-refractivity contribution in [3.05, 3.63) is 0 Å². The Bertz CT molecular complexity index is 142. The van der Waals surface area contributed by atoms with Crippen LogP contribution in [0.2, 0.25) is 0 Å². The summed E-state index contributed by atoms with van der Waals surface area (Å²) in [6.45, 7) is 0. The van der Waals surface area contributed by atoms with Crippen LogP contribution in [-0.4, -0.2) is 11.1 Å². The fourth-order valence-electron chi connectivity index (χ4n) is 2.02. The largest absolute Gasteiger partial charge is 0.481 e. The average Bonchev–Trinajstić information content (AvgIpc) is 2.05. The Balaban J connectivity index is 0.00000144. The summed E-state index contributed by atoms with van der Waals surface area (Å²) < 4.78 is 0. The van der Waals surface area contributed by atoms with E-state index in [9.17, 15) is 4.79 Å². The van der Waals surface area contributed by atoms with Crippen LogP contribution >= 0.6 is 0 Å². The van der Waals surface area contributed by atoms with Crippen LogP contribution in [0.1, 0.15) is 51.4 Å². The van der Waals surface area contributed by atoms with Gasteiger partial charge in [0.15, 0.2) is 0 Å². The Hall–Kier alpha value is -0.0105. The predicted octanol–water partition coefficient (Wildman–Crippen LogP) is 2.82. The first-order valence-electron chi connectivity index (χ1n) is 5.01. The molecule has 13 heavy (non-hydrogen) atoms. The van der Waals surface area contributed by atoms with E-state index in [1.807, 2.05) is 0 Å². The first-order chi connectivity index (χ1) is 5.79. The van der Waals surface area contributed by atoms with Gasteiger partial charge in [-0.1, -0.05) is 32.1 Å². The van der Waals surface area contributed by atoms with Gasteiger partial charge in [0.05, 0.1) is 0 Å². The monoisotopic (exact) mass is 226 g/mol. The molecular weight excluding hydrogens is 208 g/mol. The Morgan fingerprint density at radius 3 is 2.38 bits per heavy atom. The van der Waals surface area contributed by atoms with Crippen molar-refractivity contribution in [2.75, 3.05) is 0 Å². The molecule has 0 spiro atoms. The van der Waals surface area contributed by atoms with Gasteiger partial charge in [0, 0.05) is 23.5 Å². The van der Waals surface area contributed by atoms with Crippen molar-refractivity contribution in [2.24, 2.45) is 5.92 Å². The maximum Gasteiger partial charge on any atom is 0.303 e. The second-order valence-electron chi connectivity index (χ2n) is 3.79. The van der Waals surface area contributed by atoms with Crippen molar-refractivity contribution >= 4 is 5.97 Å². The molecule has 0 saturated heterocycles. The molecule has 1 aliphatic rings. The van der Waals surface area contributed by atoms with E-state index in [0.717, 1.165) is 18.8 Å². The summed E-state index contributed by atoms with van der Waals surface area (Å²) in [7, 11) is 0. The summed E-state index contributed by atoms with van der Waals surface area (Å²) in [5.74, 6) is 0.184. The minimum absolute atomic E-state index is 0. The predicted molar refractivity (Wildman–Crippen MR) is 48.1 cm³/mol. The molecule has 0 aromatic carbocycles. The summed E-state index contributed by atoms with van der Waals surface area (Å²) in [6.07, 6.45) is 9.13. The molecule has 3 heteroatoms. The Labute approximate surface area is 90.6 Å². The number of carboxylic acid groups (broad SMARTS) is 1. The van der Waals surface area contributed by atoms with Crippen molar-refractivity contribution in [2.45, 2.75) is 51.4 Å². The summed E-state index contributed by atoms with van der Waals surface area (Å²) in [4.78, 5) is 10.2. The van der Waals surface area contributed by atoms with Crippen molar-refractivity contribution in [1.29, 1.82) is 0 Å². The van der Waals surface area contributed by atoms with E-state index in [4.69, 9.17) is 5.11 Å². The van der Waals surface area contributed by atoms with Crippen molar-refractivity contribution in [3.8, 4) is 0 Å². The molecule has 0 aromatic heterocycles. The zero-order valence-corrected chi connectivity index (χ0v) is 9.05. The standard InChI is InChI=1S/C10H18O2.Fe/c11-10(12)8-4-7-9-5-2-1-3-6-9;/h9H,1-8H2,(H,11,12);. The number of rotatable bonds is 4. The molecule has 1 fully saturated rings. The van der Waals surface area contributed by atoms with Crippen molar-refractivity contribution in [1.82, 2.24) is 0 Å². The van der Waals surface area contributed by atoms with Crippen LogP contribution in [0.3, 0.4) is 0 Å². The van der Waals surface area contributed by atoms with Crippen LogP contribution in [0.25, 0.3) is 0 Å². The first-order valence-corrected chi connectivity index (χ1v) is 5.01. The van der Waals surface area contributed by atoms with E-state index in [2.05, 4.69) is 0 Å². The molecule has 2 nitrogen and oxygen atoms in total. The maximum absolute atomic E-state index is 10.2. The van der Waals surface area contributed by atoms with Crippen LogP contribution in [0.4, 0.5) is 0 Å². The Morgan fingerprint density at radius 2 is 1.85 bits per heavy atom. The van der Waals surface area contributed by atoms with Crippen LogP contribution in [-0.2, 0) is 21.9 Å². The van der Waals surface area contributed by atoms with Gasteiger partial charge < -0.3 is 5.11 Å². The van der Waals surface area contributed by atoms with Gasteiger partial charge in [0.2, 0.25) is 0 Å². The molecule has 0 aromatic rings. The molecule has 0 amide bonds. The molecule has 0 aliphatic heterocycles. The van der Waals surface area contributed by atoms with Gasteiger partial charge >= 0.3 is 5.97 Å². The molecule has 1 saturated carbocycles. The van der Waals surface area contributed by atoms with E-state index in [1.165, 1.54) is 32.1 Å². The average molecular weight is 226 g/mol. The van der Waals surface area contributed by atoms with Gasteiger partial charge in [0.1, 0.15) is 0 Å². The van der Waals surface area contributed by atoms with Crippen LogP contribution in [0.5, 0.6) is 0 Å². The minimum Gasteiger partial charge on any atom is -0.481 e. The second-order valence-corrected chi connectivity index (χ2v) is 3.79. The minimum atomic E-state index is -0.647. The fourth-order valence-corrected chi connectivity index (χ4v) is 2.02. The number of hydrogen-bond acceptors (Lipinski definition) is 1. The third kappa shape index (κ3) is 6.11. The summed E-state index contributed by atoms with van der Waals surface area (Å²) >= 11 is 0. The maximum atomic E-state index is 10.2. The summed E-state index contributed by atoms with van der Waals surface area (Å²) in [6, 6.07) is 0. The van der Waals surface area contributed by atoms with Crippen LogP contribution in [0, 0.1) is 5.92 Å². The molecule has 78 valence electrons. The zero-order valence-electron chi connectivity index (χ0n) is 7.94. The third-order valence-electron chi connectivity index (χ3n) is 2.73. The summed E-state index contributed by atoms with van der Waals surface area (Å²) in [5.41, 5.74) is 0. The molecule has 0 heterocycles. The fraction of sp³-hybridized carbons (Fsp3) is 0.900. The molecule has 1 aliphatic carbocycles. The number of carboxylic acids is 1. The Morgan fingerprint density at radius 1 is 1.23 bits per heavy atom. The SMILES string of the molecule is O=C(O)CCCC1CCCCC1.[Fe]. The summed E-state index contributed by atoms with van der Waals surface area (Å²) in [5, 5.41) is 8.44. The molecule has 1 rings (SSSR count). The molecule has 0 unspecified atom stereocenters. The molecular formula is C10H18FeO2. The van der Waals surface area contributed by atoms with Crippen LogP contribution < -0.4 is 0 Å². The topological polar surface area (TPSA) is 37.3 Å². The van der Waals surface area contributed by atoms with Gasteiger partial charge in [-0.3, -0.25) is 4.79 Å². The first kappa shape index (κ1) is 13.0. The van der Waals surface area contributed by atoms with E-state index >= 15 is 0 Å². The second kappa shape index (κ2) is 7.40. The molecule has 0 bridgehead atoms. The third-order valence-corrected chi connectivity index (χ3v) is 2.73. The molecule has 0 atom stereocenters. The van der Waals surface area contributed by atoms with Gasteiger partial charge in [-0.15, -0.1) is 0 Å². The van der Waals surface area contributed by atoms with Gasteiger partial charge in [-0.25, -0.2) is 0 Å². The van der Waals surface area contributed by atoms with Gasteiger partial charge in [-0.2, -0.15) is 0 Å². The van der Waals surface area contributed by atoms with E-state index in [0.29, 0.717) is 6.42 Å².